The van der Waals surface area contributed by atoms with Crippen molar-refractivity contribution in [3.63, 3.8) is 0 Å². The second-order valence-corrected chi connectivity index (χ2v) is 5.39. The van der Waals surface area contributed by atoms with Crippen molar-refractivity contribution in [2.24, 2.45) is 0 Å². The van der Waals surface area contributed by atoms with Gasteiger partial charge in [-0.2, -0.15) is 9.38 Å². The number of imidazole rings is 1. The number of aromatic nitrogens is 2. The van der Waals surface area contributed by atoms with Gasteiger partial charge in [0.2, 0.25) is 11.5 Å². The number of nitro groups is 1. The van der Waals surface area contributed by atoms with Crippen molar-refractivity contribution in [1.29, 1.82) is 0 Å². The predicted octanol–water partition coefficient (Wildman–Crippen LogP) is 2.81. The van der Waals surface area contributed by atoms with Crippen LogP contribution in [0, 0.1) is 10.1 Å². The Bertz CT molecular complexity index is 871. The van der Waals surface area contributed by atoms with Gasteiger partial charge in [-0.15, -0.1) is 0 Å². The maximum Gasteiger partial charge on any atom is 0.372 e. The van der Waals surface area contributed by atoms with E-state index < -0.39 is 0 Å². The molecule has 0 atom stereocenters. The van der Waals surface area contributed by atoms with Crippen LogP contribution in [0.3, 0.4) is 0 Å². The number of anilines is 1. The van der Waals surface area contributed by atoms with Gasteiger partial charge >= 0.3 is 5.82 Å². The van der Waals surface area contributed by atoms with Gasteiger partial charge in [0.15, 0.2) is 0 Å². The number of hydrogen-bond donors (Lipinski definition) is 0. The summed E-state index contributed by atoms with van der Waals surface area (Å²) in [6.07, 6.45) is 2.56. The van der Waals surface area contributed by atoms with Crippen LogP contribution in [0.5, 0.6) is 0 Å². The second-order valence-electron chi connectivity index (χ2n) is 5.39. The summed E-state index contributed by atoms with van der Waals surface area (Å²) in [5.41, 5.74) is 3.12. The molecule has 0 fully saturated rings. The lowest BCUT2D eigenvalue weighted by Gasteiger charge is -2.28. The fraction of sp³-hybridized carbons (Fsp3) is 0.188. The zero-order chi connectivity index (χ0) is 15.1. The predicted molar refractivity (Wildman–Crippen MR) is 83.0 cm³/mol. The van der Waals surface area contributed by atoms with Gasteiger partial charge in [-0.05, 0) is 28.5 Å². The lowest BCUT2D eigenvalue weighted by Crippen LogP contribution is -2.31. The average Bonchev–Trinajstić information content (AvgIpc) is 2.94. The normalized spacial score (nSPS) is 14.1. The molecule has 0 saturated heterocycles. The number of hydrogen-bond acceptors (Lipinski definition) is 4. The zero-order valence-corrected chi connectivity index (χ0v) is 11.8. The van der Waals surface area contributed by atoms with Crippen molar-refractivity contribution >= 4 is 17.3 Å². The first-order chi connectivity index (χ1) is 10.7. The van der Waals surface area contributed by atoms with E-state index in [9.17, 15) is 10.1 Å². The molecule has 6 nitrogen and oxygen atoms in total. The van der Waals surface area contributed by atoms with E-state index in [1.807, 2.05) is 23.1 Å². The molecule has 1 aliphatic rings. The Labute approximate surface area is 126 Å². The third kappa shape index (κ3) is 1.92. The molecule has 3 heterocycles. The molecule has 0 bridgehead atoms. The largest absolute Gasteiger partial charge is 0.372 e. The van der Waals surface area contributed by atoms with Gasteiger partial charge < -0.3 is 15.0 Å². The molecule has 0 unspecified atom stereocenters. The number of benzene rings is 1. The van der Waals surface area contributed by atoms with Gasteiger partial charge in [0, 0.05) is 19.2 Å². The Morgan fingerprint density at radius 2 is 1.86 bits per heavy atom. The molecule has 0 aliphatic carbocycles. The summed E-state index contributed by atoms with van der Waals surface area (Å²) in [5, 5.41) is 11.5. The summed E-state index contributed by atoms with van der Waals surface area (Å²) in [6.45, 7) is 1.39. The van der Waals surface area contributed by atoms with Crippen LogP contribution >= 0.6 is 0 Å². The van der Waals surface area contributed by atoms with Gasteiger partial charge in [-0.1, -0.05) is 30.3 Å². The smallest absolute Gasteiger partial charge is 0.358 e. The molecule has 0 N–H and O–H groups in total. The Morgan fingerprint density at radius 1 is 1.09 bits per heavy atom. The minimum Gasteiger partial charge on any atom is -0.358 e. The molecule has 1 aliphatic heterocycles. The van der Waals surface area contributed by atoms with Crippen molar-refractivity contribution in [3.05, 3.63) is 69.9 Å². The summed E-state index contributed by atoms with van der Waals surface area (Å²) in [7, 11) is 0. The van der Waals surface area contributed by atoms with Crippen LogP contribution in [0.2, 0.25) is 0 Å². The third-order valence-corrected chi connectivity index (χ3v) is 4.09. The van der Waals surface area contributed by atoms with Crippen LogP contribution in [0.25, 0.3) is 5.65 Å². The van der Waals surface area contributed by atoms with E-state index in [-0.39, 0.29) is 10.7 Å². The number of nitrogens with zero attached hydrogens (tertiary/aromatic N) is 4. The Hall–Kier alpha value is -2.89. The van der Waals surface area contributed by atoms with Gasteiger partial charge in [0.1, 0.15) is 0 Å². The highest BCUT2D eigenvalue weighted by atomic mass is 16.6. The van der Waals surface area contributed by atoms with Gasteiger partial charge in [-0.25, -0.2) is 0 Å². The van der Waals surface area contributed by atoms with Crippen molar-refractivity contribution in [2.45, 2.75) is 13.0 Å². The SMILES string of the molecule is O=[N+]([O-])c1c(N2CCc3ccccc3C2)nc2ccccn12. The van der Waals surface area contributed by atoms with Crippen molar-refractivity contribution in [2.75, 3.05) is 11.4 Å². The summed E-state index contributed by atoms with van der Waals surface area (Å²) >= 11 is 0. The highest BCUT2D eigenvalue weighted by Crippen LogP contribution is 2.32. The van der Waals surface area contributed by atoms with Gasteiger partial charge in [0.25, 0.3) is 0 Å². The van der Waals surface area contributed by atoms with Crippen LogP contribution in [-0.4, -0.2) is 20.9 Å². The van der Waals surface area contributed by atoms with E-state index in [0.29, 0.717) is 18.0 Å². The maximum atomic E-state index is 11.5. The van der Waals surface area contributed by atoms with Gasteiger partial charge in [-0.3, -0.25) is 0 Å². The van der Waals surface area contributed by atoms with Crippen molar-refractivity contribution in [1.82, 2.24) is 9.38 Å². The highest BCUT2D eigenvalue weighted by molar-refractivity contribution is 5.64. The van der Waals surface area contributed by atoms with E-state index in [4.69, 9.17) is 0 Å². The monoisotopic (exact) mass is 294 g/mol. The zero-order valence-electron chi connectivity index (χ0n) is 11.8. The highest BCUT2D eigenvalue weighted by Gasteiger charge is 2.28. The molecule has 0 amide bonds. The fourth-order valence-corrected chi connectivity index (χ4v) is 3.03. The number of pyridine rings is 1. The van der Waals surface area contributed by atoms with Crippen LogP contribution < -0.4 is 4.90 Å². The summed E-state index contributed by atoms with van der Waals surface area (Å²) in [5.74, 6) is 0.487. The minimum absolute atomic E-state index is 0.0370. The molecule has 0 radical (unpaired) electrons. The van der Waals surface area contributed by atoms with Crippen LogP contribution in [-0.2, 0) is 13.0 Å². The molecule has 22 heavy (non-hydrogen) atoms. The molecular formula is C16H14N4O2. The van der Waals surface area contributed by atoms with Crippen molar-refractivity contribution in [3.8, 4) is 0 Å². The Balaban J connectivity index is 1.82. The van der Waals surface area contributed by atoms with Gasteiger partial charge in [0.05, 0.1) is 6.20 Å². The first kappa shape index (κ1) is 12.8. The van der Waals surface area contributed by atoms with E-state index >= 15 is 0 Å². The van der Waals surface area contributed by atoms with Crippen molar-refractivity contribution < 1.29 is 4.92 Å². The summed E-state index contributed by atoms with van der Waals surface area (Å²) in [4.78, 5) is 17.6. The first-order valence-electron chi connectivity index (χ1n) is 7.17. The summed E-state index contributed by atoms with van der Waals surface area (Å²) in [6, 6.07) is 13.6. The van der Waals surface area contributed by atoms with E-state index in [1.165, 1.54) is 15.5 Å². The molecule has 3 aromatic rings. The standard InChI is InChI=1S/C16H14N4O2/c21-20(22)16-15(17-14-7-3-4-9-19(14)16)18-10-8-12-5-1-2-6-13(12)11-18/h1-7,9H,8,10-11H2. The molecule has 1 aromatic carbocycles. The maximum absolute atomic E-state index is 11.5. The molecular weight excluding hydrogens is 280 g/mol. The van der Waals surface area contributed by atoms with E-state index in [0.717, 1.165) is 13.0 Å². The van der Waals surface area contributed by atoms with E-state index in [1.54, 1.807) is 18.3 Å². The molecule has 0 saturated carbocycles. The molecule has 6 heteroatoms. The number of fused-ring (bicyclic) bond motifs is 2. The molecule has 110 valence electrons. The number of rotatable bonds is 2. The topological polar surface area (TPSA) is 63.7 Å². The minimum atomic E-state index is -0.351. The average molecular weight is 294 g/mol. The Morgan fingerprint density at radius 3 is 2.68 bits per heavy atom. The fourth-order valence-electron chi connectivity index (χ4n) is 3.03. The second kappa shape index (κ2) is 4.84. The van der Waals surface area contributed by atoms with Crippen LogP contribution in [0.1, 0.15) is 11.1 Å². The molecule has 4 rings (SSSR count). The third-order valence-electron chi connectivity index (χ3n) is 4.09. The lowest BCUT2D eigenvalue weighted by atomic mass is 10.00. The first-order valence-corrected chi connectivity index (χ1v) is 7.17. The van der Waals surface area contributed by atoms with E-state index in [2.05, 4.69) is 17.1 Å². The summed E-state index contributed by atoms with van der Waals surface area (Å²) < 4.78 is 1.54. The Kier molecular flexibility index (Phi) is 2.82. The lowest BCUT2D eigenvalue weighted by molar-refractivity contribution is -0.389. The molecule has 2 aromatic heterocycles. The van der Waals surface area contributed by atoms with Crippen LogP contribution in [0.15, 0.2) is 48.7 Å². The molecule has 0 spiro atoms. The quantitative estimate of drug-likeness (QED) is 0.538. The van der Waals surface area contributed by atoms with Crippen LogP contribution in [0.4, 0.5) is 11.6 Å².